The van der Waals surface area contributed by atoms with E-state index in [4.69, 9.17) is 9.47 Å². The van der Waals surface area contributed by atoms with Crippen molar-refractivity contribution in [2.24, 2.45) is 9.98 Å². The highest BCUT2D eigenvalue weighted by molar-refractivity contribution is 5.81. The molecule has 2 atom stereocenters. The fourth-order valence-corrected chi connectivity index (χ4v) is 4.50. The lowest BCUT2D eigenvalue weighted by Gasteiger charge is -2.26. The first-order chi connectivity index (χ1) is 16.7. The average molecular weight is 481 g/mol. The minimum absolute atomic E-state index is 0.0613. The van der Waals surface area contributed by atoms with Gasteiger partial charge in [0.25, 0.3) is 0 Å². The van der Waals surface area contributed by atoms with Crippen LogP contribution in [0.5, 0.6) is 0 Å². The molecule has 2 N–H and O–H groups in total. The van der Waals surface area contributed by atoms with Crippen molar-refractivity contribution in [2.75, 3.05) is 13.2 Å². The van der Waals surface area contributed by atoms with Gasteiger partial charge in [0.05, 0.1) is 12.1 Å². The topological polar surface area (TPSA) is 67.2 Å². The highest BCUT2D eigenvalue weighted by Crippen LogP contribution is 2.31. The third-order valence-corrected chi connectivity index (χ3v) is 7.09. The van der Waals surface area contributed by atoms with Crippen LogP contribution in [0.4, 0.5) is 4.39 Å². The molecule has 0 aliphatic carbocycles. The molecule has 7 heteroatoms. The summed E-state index contributed by atoms with van der Waals surface area (Å²) in [4.78, 5) is 9.29. The minimum atomic E-state index is -0.209. The Labute approximate surface area is 208 Å². The summed E-state index contributed by atoms with van der Waals surface area (Å²) in [6, 6.07) is 18.5. The Morgan fingerprint density at radius 2 is 1.20 bits per heavy atom. The van der Waals surface area contributed by atoms with Crippen LogP contribution in [0, 0.1) is 5.82 Å². The molecule has 6 nitrogen and oxygen atoms in total. The first kappa shape index (κ1) is 25.0. The van der Waals surface area contributed by atoms with Gasteiger partial charge >= 0.3 is 12.0 Å². The van der Waals surface area contributed by atoms with Crippen LogP contribution >= 0.6 is 0 Å². The van der Waals surface area contributed by atoms with Gasteiger partial charge in [-0.1, -0.05) is 70.2 Å². The fourth-order valence-electron chi connectivity index (χ4n) is 4.50. The third-order valence-electron chi connectivity index (χ3n) is 7.09. The van der Waals surface area contributed by atoms with Crippen LogP contribution in [0.15, 0.2) is 64.6 Å². The van der Waals surface area contributed by atoms with Crippen LogP contribution in [-0.2, 0) is 20.3 Å². The van der Waals surface area contributed by atoms with Crippen molar-refractivity contribution in [1.29, 1.82) is 0 Å². The second kappa shape index (κ2) is 10.7. The SMILES string of the molecule is CC(C)(CCC1COC(NNC2=NC(CCC(C)(C)c3ccc(F)cc3)CO2)=N1)c1ccccc1. The highest BCUT2D eigenvalue weighted by Gasteiger charge is 2.27. The zero-order valence-electron chi connectivity index (χ0n) is 21.2. The molecule has 0 saturated heterocycles. The van der Waals surface area contributed by atoms with Gasteiger partial charge in [0.2, 0.25) is 0 Å². The first-order valence-electron chi connectivity index (χ1n) is 12.5. The number of hydrogen-bond acceptors (Lipinski definition) is 6. The lowest BCUT2D eigenvalue weighted by atomic mass is 9.80. The molecule has 0 bridgehead atoms. The Hall–Kier alpha value is -3.09. The normalized spacial score (nSPS) is 20.0. The smallest absolute Gasteiger partial charge is 0.304 e. The summed E-state index contributed by atoms with van der Waals surface area (Å²) in [6.45, 7) is 10.0. The zero-order chi connectivity index (χ0) is 24.9. The predicted molar refractivity (Wildman–Crippen MR) is 138 cm³/mol. The number of hydrazine groups is 1. The molecule has 35 heavy (non-hydrogen) atoms. The molecule has 0 fully saturated rings. The van der Waals surface area contributed by atoms with E-state index in [9.17, 15) is 4.39 Å². The molecule has 0 spiro atoms. The molecule has 2 aliphatic heterocycles. The standard InChI is InChI=1S/C28H37FN4O2/c1-27(2,20-8-6-5-7-9-20)16-14-23-18-34-25(30-23)32-33-26-31-24(19-35-26)15-17-28(3,4)21-10-12-22(29)13-11-21/h5-13,23-24H,14-19H2,1-4H3,(H,30,32)(H,31,33). The molecular formula is C28H37FN4O2. The number of amidine groups is 2. The van der Waals surface area contributed by atoms with E-state index in [0.717, 1.165) is 31.2 Å². The van der Waals surface area contributed by atoms with Crippen molar-refractivity contribution in [1.82, 2.24) is 10.9 Å². The minimum Gasteiger partial charge on any atom is -0.462 e. The van der Waals surface area contributed by atoms with Gasteiger partial charge in [-0.2, -0.15) is 0 Å². The monoisotopic (exact) mass is 480 g/mol. The summed E-state index contributed by atoms with van der Waals surface area (Å²) in [5.74, 6) is -0.209. The molecular weight excluding hydrogens is 443 g/mol. The lowest BCUT2D eigenvalue weighted by Crippen LogP contribution is -2.41. The molecule has 0 aromatic heterocycles. The molecule has 4 rings (SSSR count). The molecule has 0 radical (unpaired) electrons. The quantitative estimate of drug-likeness (QED) is 0.507. The number of ether oxygens (including phenoxy) is 2. The number of halogens is 1. The molecule has 0 saturated carbocycles. The zero-order valence-corrected chi connectivity index (χ0v) is 21.2. The van der Waals surface area contributed by atoms with Gasteiger partial charge in [-0.15, -0.1) is 0 Å². The van der Waals surface area contributed by atoms with Crippen molar-refractivity contribution in [2.45, 2.75) is 76.3 Å². The number of benzene rings is 2. The molecule has 2 aromatic carbocycles. The second-order valence-electron chi connectivity index (χ2n) is 10.8. The summed E-state index contributed by atoms with van der Waals surface area (Å²) < 4.78 is 24.6. The number of rotatable bonds is 8. The summed E-state index contributed by atoms with van der Waals surface area (Å²) in [7, 11) is 0. The van der Waals surface area contributed by atoms with Gasteiger partial charge in [-0.3, -0.25) is 0 Å². The first-order valence-corrected chi connectivity index (χ1v) is 12.5. The van der Waals surface area contributed by atoms with Gasteiger partial charge in [0.1, 0.15) is 19.0 Å². The summed E-state index contributed by atoms with van der Waals surface area (Å²) in [5.41, 5.74) is 8.48. The van der Waals surface area contributed by atoms with Crippen molar-refractivity contribution in [3.63, 3.8) is 0 Å². The van der Waals surface area contributed by atoms with Crippen LogP contribution in [0.25, 0.3) is 0 Å². The van der Waals surface area contributed by atoms with Gasteiger partial charge in [0.15, 0.2) is 0 Å². The van der Waals surface area contributed by atoms with Crippen molar-refractivity contribution >= 4 is 12.0 Å². The van der Waals surface area contributed by atoms with Crippen LogP contribution in [0.3, 0.4) is 0 Å². The van der Waals surface area contributed by atoms with E-state index in [1.807, 2.05) is 12.1 Å². The van der Waals surface area contributed by atoms with E-state index in [0.29, 0.717) is 25.3 Å². The Morgan fingerprint density at radius 3 is 1.69 bits per heavy atom. The molecule has 0 amide bonds. The number of nitrogens with zero attached hydrogens (tertiary/aromatic N) is 2. The van der Waals surface area contributed by atoms with E-state index in [-0.39, 0.29) is 28.7 Å². The maximum atomic E-state index is 13.2. The third kappa shape index (κ3) is 6.74. The summed E-state index contributed by atoms with van der Waals surface area (Å²) >= 11 is 0. The van der Waals surface area contributed by atoms with E-state index >= 15 is 0 Å². The Morgan fingerprint density at radius 1 is 0.743 bits per heavy atom. The van der Waals surface area contributed by atoms with Gasteiger partial charge in [0, 0.05) is 0 Å². The maximum Gasteiger partial charge on any atom is 0.304 e. The van der Waals surface area contributed by atoms with E-state index in [1.54, 1.807) is 0 Å². The Bertz CT molecular complexity index is 1030. The lowest BCUT2D eigenvalue weighted by molar-refractivity contribution is 0.277. The Kier molecular flexibility index (Phi) is 7.63. The maximum absolute atomic E-state index is 13.2. The second-order valence-corrected chi connectivity index (χ2v) is 10.8. The summed E-state index contributed by atoms with van der Waals surface area (Å²) in [5, 5.41) is 0. The molecule has 2 unspecified atom stereocenters. The van der Waals surface area contributed by atoms with Crippen molar-refractivity contribution in [3.05, 3.63) is 71.5 Å². The van der Waals surface area contributed by atoms with Crippen LogP contribution in [0.1, 0.15) is 64.5 Å². The molecule has 2 aliphatic rings. The summed E-state index contributed by atoms with van der Waals surface area (Å²) in [6.07, 6.45) is 3.79. The molecule has 188 valence electrons. The Balaban J connectivity index is 1.20. The van der Waals surface area contributed by atoms with Crippen LogP contribution < -0.4 is 10.9 Å². The highest BCUT2D eigenvalue weighted by atomic mass is 19.1. The number of aliphatic imine (C=N–C) groups is 2. The fraction of sp³-hybridized carbons (Fsp3) is 0.500. The molecule has 2 aromatic rings. The predicted octanol–water partition coefficient (Wildman–Crippen LogP) is 5.25. The van der Waals surface area contributed by atoms with Crippen LogP contribution in [-0.4, -0.2) is 37.3 Å². The van der Waals surface area contributed by atoms with Crippen molar-refractivity contribution < 1.29 is 13.9 Å². The van der Waals surface area contributed by atoms with Crippen LogP contribution in [0.2, 0.25) is 0 Å². The average Bonchev–Trinajstić information content (AvgIpc) is 3.50. The van der Waals surface area contributed by atoms with E-state index < -0.39 is 0 Å². The molecule has 2 heterocycles. The van der Waals surface area contributed by atoms with Gasteiger partial charge < -0.3 is 9.47 Å². The largest absolute Gasteiger partial charge is 0.462 e. The number of hydrogen-bond donors (Lipinski definition) is 2. The van der Waals surface area contributed by atoms with Gasteiger partial charge in [-0.05, 0) is 59.8 Å². The van der Waals surface area contributed by atoms with E-state index in [1.165, 1.54) is 17.7 Å². The van der Waals surface area contributed by atoms with E-state index in [2.05, 4.69) is 78.9 Å². The van der Waals surface area contributed by atoms with Gasteiger partial charge in [-0.25, -0.2) is 25.2 Å². The number of nitrogens with one attached hydrogen (secondary N) is 2. The van der Waals surface area contributed by atoms with Crippen molar-refractivity contribution in [3.8, 4) is 0 Å².